The number of hydrogen-bond acceptors (Lipinski definition) is 2. The summed E-state index contributed by atoms with van der Waals surface area (Å²) in [5.74, 6) is 2.42. The molecular weight excluding hydrogens is 536 g/mol. The summed E-state index contributed by atoms with van der Waals surface area (Å²) in [7, 11) is 1.71. The molecule has 0 saturated heterocycles. The molecule has 0 aliphatic heterocycles. The molecule has 6 aromatic rings. The minimum absolute atomic E-state index is 0.476. The van der Waals surface area contributed by atoms with Crippen molar-refractivity contribution in [2.24, 2.45) is 0 Å². The molecule has 6 aromatic carbocycles. The van der Waals surface area contributed by atoms with Crippen LogP contribution in [0.15, 0.2) is 146 Å². The van der Waals surface area contributed by atoms with E-state index in [1.165, 1.54) is 44.5 Å². The van der Waals surface area contributed by atoms with Crippen LogP contribution in [0.4, 0.5) is 0 Å². The Balaban J connectivity index is 1.31. The van der Waals surface area contributed by atoms with Crippen LogP contribution in [0.3, 0.4) is 0 Å². The van der Waals surface area contributed by atoms with Gasteiger partial charge in [-0.05, 0) is 100 Å². The van der Waals surface area contributed by atoms with E-state index < -0.39 is 5.41 Å². The van der Waals surface area contributed by atoms with Crippen molar-refractivity contribution in [2.75, 3.05) is 7.11 Å². The Bertz CT molecular complexity index is 1940. The van der Waals surface area contributed by atoms with E-state index in [9.17, 15) is 0 Å². The molecule has 0 aromatic heterocycles. The van der Waals surface area contributed by atoms with Gasteiger partial charge in [-0.1, -0.05) is 115 Å². The highest BCUT2D eigenvalue weighted by molar-refractivity contribution is 5.86. The number of methoxy groups -OCH3 is 1. The van der Waals surface area contributed by atoms with Crippen LogP contribution < -0.4 is 9.47 Å². The fourth-order valence-corrected chi connectivity index (χ4v) is 6.64. The SMILES string of the molecule is C=C(C)c1cc(-c2ccc(C)cc2)ccc1Oc1ccc(C2(c3ccc(OC)cc3)c3ccccc3-c3ccccc32)cc1. The molecule has 0 saturated carbocycles. The second-order valence-corrected chi connectivity index (χ2v) is 11.6. The summed E-state index contributed by atoms with van der Waals surface area (Å²) in [6, 6.07) is 49.5. The van der Waals surface area contributed by atoms with Crippen LogP contribution in [-0.4, -0.2) is 7.11 Å². The van der Waals surface area contributed by atoms with Crippen molar-refractivity contribution in [1.29, 1.82) is 0 Å². The van der Waals surface area contributed by atoms with Crippen molar-refractivity contribution in [3.8, 4) is 39.5 Å². The fourth-order valence-electron chi connectivity index (χ4n) is 6.64. The first-order valence-electron chi connectivity index (χ1n) is 15.0. The lowest BCUT2D eigenvalue weighted by Gasteiger charge is -2.34. The molecule has 7 rings (SSSR count). The second kappa shape index (κ2) is 11.1. The molecule has 0 bridgehead atoms. The largest absolute Gasteiger partial charge is 0.497 e. The molecule has 0 radical (unpaired) electrons. The molecule has 0 N–H and O–H groups in total. The van der Waals surface area contributed by atoms with E-state index in [0.717, 1.165) is 33.9 Å². The number of fused-ring (bicyclic) bond motifs is 3. The fraction of sp³-hybridized carbons (Fsp3) is 0.0952. The summed E-state index contributed by atoms with van der Waals surface area (Å²) in [6.07, 6.45) is 0. The first-order chi connectivity index (χ1) is 21.5. The van der Waals surface area contributed by atoms with Crippen LogP contribution in [-0.2, 0) is 5.41 Å². The van der Waals surface area contributed by atoms with E-state index in [2.05, 4.69) is 153 Å². The van der Waals surface area contributed by atoms with Crippen molar-refractivity contribution in [2.45, 2.75) is 19.3 Å². The zero-order valence-electron chi connectivity index (χ0n) is 25.3. The molecule has 0 amide bonds. The molecular formula is C42H34O2. The van der Waals surface area contributed by atoms with Gasteiger partial charge in [-0.2, -0.15) is 0 Å². The summed E-state index contributed by atoms with van der Waals surface area (Å²) >= 11 is 0. The van der Waals surface area contributed by atoms with Crippen LogP contribution >= 0.6 is 0 Å². The topological polar surface area (TPSA) is 18.5 Å². The smallest absolute Gasteiger partial charge is 0.134 e. The summed E-state index contributed by atoms with van der Waals surface area (Å²) in [4.78, 5) is 0. The number of ether oxygens (including phenoxy) is 2. The van der Waals surface area contributed by atoms with Crippen LogP contribution in [0.2, 0.25) is 0 Å². The monoisotopic (exact) mass is 570 g/mol. The highest BCUT2D eigenvalue weighted by Gasteiger charge is 2.45. The molecule has 2 heteroatoms. The van der Waals surface area contributed by atoms with Gasteiger partial charge in [0.25, 0.3) is 0 Å². The Kier molecular flexibility index (Phi) is 6.91. The van der Waals surface area contributed by atoms with Crippen molar-refractivity contribution >= 4 is 5.57 Å². The third-order valence-electron chi connectivity index (χ3n) is 8.81. The molecule has 44 heavy (non-hydrogen) atoms. The molecule has 1 aliphatic carbocycles. The number of benzene rings is 6. The summed E-state index contributed by atoms with van der Waals surface area (Å²) in [5.41, 5.74) is 12.5. The van der Waals surface area contributed by atoms with Crippen LogP contribution in [0.5, 0.6) is 17.2 Å². The molecule has 0 heterocycles. The molecule has 214 valence electrons. The maximum atomic E-state index is 6.53. The summed E-state index contributed by atoms with van der Waals surface area (Å²) < 4.78 is 12.1. The highest BCUT2D eigenvalue weighted by atomic mass is 16.5. The Morgan fingerprint density at radius 1 is 0.591 bits per heavy atom. The third-order valence-corrected chi connectivity index (χ3v) is 8.81. The van der Waals surface area contributed by atoms with Gasteiger partial charge in [0, 0.05) is 5.56 Å². The molecule has 0 atom stereocenters. The van der Waals surface area contributed by atoms with E-state index in [0.29, 0.717) is 0 Å². The van der Waals surface area contributed by atoms with E-state index in [-0.39, 0.29) is 0 Å². The van der Waals surface area contributed by atoms with Gasteiger partial charge >= 0.3 is 0 Å². The van der Waals surface area contributed by atoms with Gasteiger partial charge in [0.15, 0.2) is 0 Å². The van der Waals surface area contributed by atoms with Gasteiger partial charge in [0.1, 0.15) is 17.2 Å². The zero-order chi connectivity index (χ0) is 30.3. The average Bonchev–Trinajstić information content (AvgIpc) is 3.37. The predicted octanol–water partition coefficient (Wildman–Crippen LogP) is 10.9. The highest BCUT2D eigenvalue weighted by Crippen LogP contribution is 2.56. The molecule has 0 spiro atoms. The van der Waals surface area contributed by atoms with E-state index >= 15 is 0 Å². The second-order valence-electron chi connectivity index (χ2n) is 11.6. The van der Waals surface area contributed by atoms with Crippen molar-refractivity contribution < 1.29 is 9.47 Å². The predicted molar refractivity (Wildman–Crippen MR) is 182 cm³/mol. The van der Waals surface area contributed by atoms with Crippen molar-refractivity contribution in [3.63, 3.8) is 0 Å². The molecule has 0 fully saturated rings. The Labute approximate surface area is 259 Å². The first-order valence-corrected chi connectivity index (χ1v) is 15.0. The minimum Gasteiger partial charge on any atom is -0.497 e. The number of hydrogen-bond donors (Lipinski definition) is 0. The standard InChI is InChI=1S/C42H34O2/c1-28(2)38-27-31(30-15-13-29(3)14-16-30)17-26-41(38)44-35-24-20-33(21-25-35)42(32-18-22-34(43-4)23-19-32)39-11-7-5-9-36(39)37-10-6-8-12-40(37)42/h5-27H,1H2,2-4H3. The van der Waals surface area contributed by atoms with Crippen LogP contribution in [0.1, 0.15) is 40.3 Å². The van der Waals surface area contributed by atoms with Gasteiger partial charge in [-0.3, -0.25) is 0 Å². The normalized spacial score (nSPS) is 12.7. The van der Waals surface area contributed by atoms with Gasteiger partial charge in [0.05, 0.1) is 12.5 Å². The zero-order valence-corrected chi connectivity index (χ0v) is 25.3. The van der Waals surface area contributed by atoms with Gasteiger partial charge < -0.3 is 9.47 Å². The Morgan fingerprint density at radius 3 is 1.66 bits per heavy atom. The lowest BCUT2D eigenvalue weighted by molar-refractivity contribution is 0.414. The molecule has 2 nitrogen and oxygen atoms in total. The quantitative estimate of drug-likeness (QED) is 0.190. The van der Waals surface area contributed by atoms with Crippen molar-refractivity contribution in [3.05, 3.63) is 179 Å². The van der Waals surface area contributed by atoms with E-state index in [1.807, 2.05) is 6.92 Å². The summed E-state index contributed by atoms with van der Waals surface area (Å²) in [6.45, 7) is 8.38. The lowest BCUT2D eigenvalue weighted by Crippen LogP contribution is -2.28. The number of aryl methyl sites for hydroxylation is 1. The Hall–Kier alpha value is -5.34. The average molecular weight is 571 g/mol. The number of allylic oxidation sites excluding steroid dienone is 1. The van der Waals surface area contributed by atoms with E-state index in [4.69, 9.17) is 9.47 Å². The van der Waals surface area contributed by atoms with E-state index in [1.54, 1.807) is 7.11 Å². The van der Waals surface area contributed by atoms with Gasteiger partial charge in [0.2, 0.25) is 0 Å². The number of rotatable bonds is 7. The van der Waals surface area contributed by atoms with Gasteiger partial charge in [-0.25, -0.2) is 0 Å². The Morgan fingerprint density at radius 2 is 1.11 bits per heavy atom. The third kappa shape index (κ3) is 4.51. The first kappa shape index (κ1) is 27.5. The van der Waals surface area contributed by atoms with Crippen LogP contribution in [0.25, 0.3) is 27.8 Å². The minimum atomic E-state index is -0.476. The maximum Gasteiger partial charge on any atom is 0.134 e. The summed E-state index contributed by atoms with van der Waals surface area (Å²) in [5, 5.41) is 0. The van der Waals surface area contributed by atoms with Gasteiger partial charge in [-0.15, -0.1) is 0 Å². The molecule has 0 unspecified atom stereocenters. The van der Waals surface area contributed by atoms with Crippen molar-refractivity contribution in [1.82, 2.24) is 0 Å². The lowest BCUT2D eigenvalue weighted by atomic mass is 9.68. The molecule has 1 aliphatic rings. The van der Waals surface area contributed by atoms with Crippen LogP contribution in [0, 0.1) is 6.92 Å². The maximum absolute atomic E-state index is 6.53.